The average Bonchev–Trinajstić information content (AvgIpc) is 3.22. The van der Waals surface area contributed by atoms with E-state index in [1.807, 2.05) is 63.4 Å². The zero-order chi connectivity index (χ0) is 25.4. The van der Waals surface area contributed by atoms with E-state index >= 15 is 0 Å². The summed E-state index contributed by atoms with van der Waals surface area (Å²) in [6, 6.07) is 17.3. The highest BCUT2D eigenvalue weighted by atomic mass is 16.6. The number of anilines is 1. The number of nitrogens with zero attached hydrogens (tertiary/aromatic N) is 2. The lowest BCUT2D eigenvalue weighted by Crippen LogP contribution is -2.24. The topological polar surface area (TPSA) is 77.2 Å². The van der Waals surface area contributed by atoms with Gasteiger partial charge in [-0.25, -0.2) is 4.79 Å². The van der Waals surface area contributed by atoms with Gasteiger partial charge in [-0.05, 0) is 70.5 Å². The van der Waals surface area contributed by atoms with Crippen molar-refractivity contribution in [2.75, 3.05) is 5.32 Å². The molecule has 0 bridgehead atoms. The third-order valence-corrected chi connectivity index (χ3v) is 5.98. The Hall–Kier alpha value is -4.19. The van der Waals surface area contributed by atoms with Crippen LogP contribution in [0.25, 0.3) is 33.2 Å². The maximum absolute atomic E-state index is 12.9. The van der Waals surface area contributed by atoms with Crippen molar-refractivity contribution >= 4 is 33.7 Å². The van der Waals surface area contributed by atoms with Gasteiger partial charge in [0.25, 0.3) is 0 Å². The maximum atomic E-state index is 12.9. The van der Waals surface area contributed by atoms with Gasteiger partial charge in [-0.1, -0.05) is 24.3 Å². The smallest absolute Gasteiger partial charge is 0.340 e. The number of carbonyl (C=O) groups is 1. The molecule has 0 saturated heterocycles. The summed E-state index contributed by atoms with van der Waals surface area (Å²) < 4.78 is 12.1. The number of para-hydroxylation sites is 1. The van der Waals surface area contributed by atoms with Gasteiger partial charge in [-0.15, -0.1) is 0 Å². The van der Waals surface area contributed by atoms with Crippen molar-refractivity contribution < 1.29 is 13.9 Å². The minimum absolute atomic E-state index is 0.154. The molecule has 0 spiro atoms. The fourth-order valence-electron chi connectivity index (χ4n) is 4.44. The van der Waals surface area contributed by atoms with Crippen molar-refractivity contribution in [1.82, 2.24) is 9.97 Å². The fourth-order valence-corrected chi connectivity index (χ4v) is 4.44. The number of hydrogen-bond acceptors (Lipinski definition) is 6. The first-order valence-electron chi connectivity index (χ1n) is 12.0. The van der Waals surface area contributed by atoms with E-state index in [1.165, 1.54) is 0 Å². The highest BCUT2D eigenvalue weighted by Gasteiger charge is 2.23. The molecule has 2 aromatic carbocycles. The second-order valence-electron chi connectivity index (χ2n) is 10.0. The van der Waals surface area contributed by atoms with Crippen molar-refractivity contribution in [3.63, 3.8) is 0 Å². The molecule has 0 aliphatic rings. The molecule has 6 heteroatoms. The average molecular weight is 480 g/mol. The summed E-state index contributed by atoms with van der Waals surface area (Å²) in [5.41, 5.74) is 6.95. The Labute approximate surface area is 210 Å². The Morgan fingerprint density at radius 1 is 1.03 bits per heavy atom. The van der Waals surface area contributed by atoms with E-state index in [2.05, 4.69) is 41.3 Å². The largest absolute Gasteiger partial charge is 0.456 e. The van der Waals surface area contributed by atoms with Crippen molar-refractivity contribution in [3.05, 3.63) is 89.9 Å². The second-order valence-corrected chi connectivity index (χ2v) is 10.0. The zero-order valence-corrected chi connectivity index (χ0v) is 21.1. The van der Waals surface area contributed by atoms with Crippen molar-refractivity contribution in [2.24, 2.45) is 0 Å². The van der Waals surface area contributed by atoms with Crippen LogP contribution in [0.4, 0.5) is 5.69 Å². The van der Waals surface area contributed by atoms with Crippen LogP contribution in [0.15, 0.2) is 77.6 Å². The lowest BCUT2D eigenvalue weighted by molar-refractivity contribution is 0.00706. The van der Waals surface area contributed by atoms with Crippen molar-refractivity contribution in [2.45, 2.75) is 46.3 Å². The molecule has 0 saturated carbocycles. The second kappa shape index (κ2) is 9.11. The van der Waals surface area contributed by atoms with E-state index in [1.54, 1.807) is 18.5 Å². The number of aromatic nitrogens is 2. The number of carbonyl (C=O) groups excluding carboxylic acids is 1. The summed E-state index contributed by atoms with van der Waals surface area (Å²) in [6.07, 6.45) is 5.39. The van der Waals surface area contributed by atoms with Gasteiger partial charge >= 0.3 is 5.97 Å². The van der Waals surface area contributed by atoms with Gasteiger partial charge in [-0.2, -0.15) is 0 Å². The Bertz CT molecular complexity index is 1570. The van der Waals surface area contributed by atoms with Gasteiger partial charge in [0.2, 0.25) is 0 Å². The van der Waals surface area contributed by atoms with E-state index in [9.17, 15) is 4.79 Å². The molecule has 0 aliphatic carbocycles. The molecule has 0 fully saturated rings. The molecule has 0 radical (unpaired) electrons. The number of aryl methyl sites for hydroxylation is 1. The minimum atomic E-state index is -0.578. The van der Waals surface area contributed by atoms with Gasteiger partial charge in [0.15, 0.2) is 5.58 Å². The van der Waals surface area contributed by atoms with Crippen LogP contribution in [0.3, 0.4) is 0 Å². The molecule has 1 N–H and O–H groups in total. The molecule has 1 atom stereocenters. The first kappa shape index (κ1) is 23.5. The van der Waals surface area contributed by atoms with Crippen LogP contribution in [0.2, 0.25) is 0 Å². The summed E-state index contributed by atoms with van der Waals surface area (Å²) in [5, 5.41) is 4.47. The molecule has 3 aromatic heterocycles. The van der Waals surface area contributed by atoms with Gasteiger partial charge < -0.3 is 14.5 Å². The molecule has 3 heterocycles. The summed E-state index contributed by atoms with van der Waals surface area (Å²) in [6.45, 7) is 9.71. The van der Waals surface area contributed by atoms with Crippen molar-refractivity contribution in [3.8, 4) is 11.1 Å². The van der Waals surface area contributed by atoms with Crippen molar-refractivity contribution in [1.29, 1.82) is 0 Å². The first-order valence-corrected chi connectivity index (χ1v) is 12.0. The van der Waals surface area contributed by atoms with E-state index < -0.39 is 5.60 Å². The molecule has 5 rings (SSSR count). The molecule has 182 valence electrons. The molecule has 0 unspecified atom stereocenters. The summed E-state index contributed by atoms with van der Waals surface area (Å²) in [4.78, 5) is 21.8. The third-order valence-electron chi connectivity index (χ3n) is 5.98. The molecule has 0 aliphatic heterocycles. The van der Waals surface area contributed by atoms with Crippen LogP contribution in [0.5, 0.6) is 0 Å². The molecule has 6 nitrogen and oxygen atoms in total. The molecule has 36 heavy (non-hydrogen) atoms. The number of hydrogen-bond donors (Lipinski definition) is 1. The highest BCUT2D eigenvalue weighted by Crippen LogP contribution is 2.38. The van der Waals surface area contributed by atoms with Crippen LogP contribution in [-0.2, 0) is 4.74 Å². The number of benzene rings is 2. The Morgan fingerprint density at radius 2 is 1.83 bits per heavy atom. The fraction of sp³-hybridized carbons (Fsp3) is 0.233. The summed E-state index contributed by atoms with van der Waals surface area (Å²) in [5.74, 6) is -0.360. The molecular weight excluding hydrogens is 450 g/mol. The van der Waals surface area contributed by atoms with Gasteiger partial charge in [0.1, 0.15) is 16.7 Å². The van der Waals surface area contributed by atoms with Crippen LogP contribution in [0.1, 0.15) is 55.2 Å². The standard InChI is InChI=1S/C30H29N3O3/c1-18-15-23(19(2)33-25-11-7-6-10-22(25)29(34)36-30(3,4)5)27-24(16-18)26-28(35-27)21(12-14-32-26)20-9-8-13-31-17-20/h6-17,19,33H,1-5H3/t19-/m1/s1. The third kappa shape index (κ3) is 4.54. The van der Waals surface area contributed by atoms with E-state index in [0.717, 1.165) is 44.3 Å². The van der Waals surface area contributed by atoms with E-state index in [4.69, 9.17) is 9.15 Å². The number of pyridine rings is 2. The van der Waals surface area contributed by atoms with Crippen LogP contribution >= 0.6 is 0 Å². The summed E-state index contributed by atoms with van der Waals surface area (Å²) in [7, 11) is 0. The lowest BCUT2D eigenvalue weighted by Gasteiger charge is -2.22. The Balaban J connectivity index is 1.58. The van der Waals surface area contributed by atoms with Crippen LogP contribution < -0.4 is 5.32 Å². The Morgan fingerprint density at radius 3 is 2.58 bits per heavy atom. The molecular formula is C30H29N3O3. The predicted octanol–water partition coefficient (Wildman–Crippen LogP) is 7.48. The number of furan rings is 1. The van der Waals surface area contributed by atoms with Gasteiger partial charge in [0, 0.05) is 46.4 Å². The number of rotatable bonds is 5. The number of esters is 1. The van der Waals surface area contributed by atoms with Crippen LogP contribution in [-0.4, -0.2) is 21.5 Å². The van der Waals surface area contributed by atoms with Gasteiger partial charge in [-0.3, -0.25) is 9.97 Å². The summed E-state index contributed by atoms with van der Waals surface area (Å²) >= 11 is 0. The zero-order valence-electron chi connectivity index (χ0n) is 21.1. The lowest BCUT2D eigenvalue weighted by atomic mass is 10.0. The minimum Gasteiger partial charge on any atom is -0.456 e. The quantitative estimate of drug-likeness (QED) is 0.263. The SMILES string of the molecule is Cc1cc([C@@H](C)Nc2ccccc2C(=O)OC(C)(C)C)c2oc3c(-c4cccnc4)ccnc3c2c1. The predicted molar refractivity (Wildman–Crippen MR) is 143 cm³/mol. The van der Waals surface area contributed by atoms with E-state index in [0.29, 0.717) is 11.3 Å². The molecule has 0 amide bonds. The van der Waals surface area contributed by atoms with Gasteiger partial charge in [0.05, 0.1) is 11.6 Å². The monoisotopic (exact) mass is 479 g/mol. The normalized spacial score (nSPS) is 12.6. The van der Waals surface area contributed by atoms with Crippen LogP contribution in [0, 0.1) is 6.92 Å². The maximum Gasteiger partial charge on any atom is 0.340 e. The first-order chi connectivity index (χ1) is 17.2. The Kier molecular flexibility index (Phi) is 5.96. The highest BCUT2D eigenvalue weighted by molar-refractivity contribution is 6.08. The number of fused-ring (bicyclic) bond motifs is 3. The molecule has 5 aromatic rings. The van der Waals surface area contributed by atoms with E-state index in [-0.39, 0.29) is 12.0 Å². The number of nitrogens with one attached hydrogen (secondary N) is 1. The number of ether oxygens (including phenoxy) is 1.